The zero-order valence-electron chi connectivity index (χ0n) is 11.8. The molecule has 0 saturated heterocycles. The SMILES string of the molecule is CCCCC(N)CNCCc1c[nH]c2ccccc12. The summed E-state index contributed by atoms with van der Waals surface area (Å²) < 4.78 is 0. The first-order valence-electron chi connectivity index (χ1n) is 7.32. The zero-order chi connectivity index (χ0) is 13.5. The molecule has 0 fully saturated rings. The van der Waals surface area contributed by atoms with Crippen LogP contribution in [0.1, 0.15) is 31.7 Å². The topological polar surface area (TPSA) is 53.8 Å². The van der Waals surface area contributed by atoms with Crippen molar-refractivity contribution in [1.82, 2.24) is 10.3 Å². The number of para-hydroxylation sites is 1. The third-order valence-corrected chi connectivity index (χ3v) is 3.58. The number of hydrogen-bond donors (Lipinski definition) is 3. The van der Waals surface area contributed by atoms with Gasteiger partial charge in [0.05, 0.1) is 0 Å². The summed E-state index contributed by atoms with van der Waals surface area (Å²) in [5.41, 5.74) is 8.64. The van der Waals surface area contributed by atoms with Gasteiger partial charge in [0.2, 0.25) is 0 Å². The van der Waals surface area contributed by atoms with Crippen molar-refractivity contribution in [1.29, 1.82) is 0 Å². The Bertz CT molecular complexity index is 489. The highest BCUT2D eigenvalue weighted by Crippen LogP contribution is 2.17. The molecular weight excluding hydrogens is 234 g/mol. The van der Waals surface area contributed by atoms with E-state index in [0.29, 0.717) is 6.04 Å². The van der Waals surface area contributed by atoms with Gasteiger partial charge in [-0.3, -0.25) is 0 Å². The van der Waals surface area contributed by atoms with Crippen LogP contribution in [0.3, 0.4) is 0 Å². The second kappa shape index (κ2) is 7.31. The molecule has 19 heavy (non-hydrogen) atoms. The molecule has 3 nitrogen and oxygen atoms in total. The lowest BCUT2D eigenvalue weighted by molar-refractivity contribution is 0.526. The van der Waals surface area contributed by atoms with Gasteiger partial charge in [0.15, 0.2) is 0 Å². The van der Waals surface area contributed by atoms with Crippen molar-refractivity contribution in [3.63, 3.8) is 0 Å². The van der Waals surface area contributed by atoms with Crippen molar-refractivity contribution in [3.8, 4) is 0 Å². The van der Waals surface area contributed by atoms with Gasteiger partial charge < -0.3 is 16.0 Å². The fourth-order valence-electron chi connectivity index (χ4n) is 2.42. The molecule has 1 aromatic heterocycles. The normalized spacial score (nSPS) is 12.9. The van der Waals surface area contributed by atoms with Crippen LogP contribution in [0.2, 0.25) is 0 Å². The zero-order valence-corrected chi connectivity index (χ0v) is 11.8. The van der Waals surface area contributed by atoms with Gasteiger partial charge in [0.25, 0.3) is 0 Å². The van der Waals surface area contributed by atoms with Crippen molar-refractivity contribution in [2.45, 2.75) is 38.6 Å². The number of fused-ring (bicyclic) bond motifs is 1. The minimum Gasteiger partial charge on any atom is -0.361 e. The molecule has 0 saturated carbocycles. The van der Waals surface area contributed by atoms with E-state index in [1.807, 2.05) is 0 Å². The first kappa shape index (κ1) is 14.1. The predicted octanol–water partition coefficient (Wildman–Crippen LogP) is 2.82. The van der Waals surface area contributed by atoms with Gasteiger partial charge in [-0.05, 0) is 31.0 Å². The highest BCUT2D eigenvalue weighted by Gasteiger charge is 2.04. The van der Waals surface area contributed by atoms with Crippen LogP contribution in [-0.4, -0.2) is 24.1 Å². The van der Waals surface area contributed by atoms with Crippen LogP contribution >= 0.6 is 0 Å². The summed E-state index contributed by atoms with van der Waals surface area (Å²) in [6.45, 7) is 4.11. The van der Waals surface area contributed by atoms with Crippen molar-refractivity contribution in [2.75, 3.05) is 13.1 Å². The number of nitrogens with one attached hydrogen (secondary N) is 2. The number of unbranched alkanes of at least 4 members (excludes halogenated alkanes) is 1. The standard InChI is InChI=1S/C16H25N3/c1-2-3-6-14(17)12-18-10-9-13-11-19-16-8-5-4-7-15(13)16/h4-5,7-8,11,14,18-19H,2-3,6,9-10,12,17H2,1H3. The molecule has 1 heterocycles. The van der Waals surface area contributed by atoms with E-state index < -0.39 is 0 Å². The number of rotatable bonds is 8. The number of aromatic amines is 1. The van der Waals surface area contributed by atoms with Crippen LogP contribution in [0, 0.1) is 0 Å². The first-order valence-corrected chi connectivity index (χ1v) is 7.32. The minimum atomic E-state index is 0.294. The van der Waals surface area contributed by atoms with Crippen molar-refractivity contribution < 1.29 is 0 Å². The van der Waals surface area contributed by atoms with Crippen LogP contribution in [0.4, 0.5) is 0 Å². The molecule has 0 bridgehead atoms. The minimum absolute atomic E-state index is 0.294. The maximum atomic E-state index is 6.04. The van der Waals surface area contributed by atoms with E-state index in [1.165, 1.54) is 29.3 Å². The van der Waals surface area contributed by atoms with Crippen molar-refractivity contribution in [2.24, 2.45) is 5.73 Å². The highest BCUT2D eigenvalue weighted by atomic mass is 14.9. The van der Waals surface area contributed by atoms with Crippen LogP contribution in [-0.2, 0) is 6.42 Å². The predicted molar refractivity (Wildman–Crippen MR) is 82.4 cm³/mol. The third-order valence-electron chi connectivity index (χ3n) is 3.58. The molecule has 1 unspecified atom stereocenters. The summed E-state index contributed by atoms with van der Waals surface area (Å²) in [4.78, 5) is 3.31. The van der Waals surface area contributed by atoms with E-state index in [4.69, 9.17) is 5.73 Å². The van der Waals surface area contributed by atoms with E-state index in [0.717, 1.165) is 25.9 Å². The fourth-order valence-corrected chi connectivity index (χ4v) is 2.42. The Morgan fingerprint density at radius 2 is 2.16 bits per heavy atom. The second-order valence-electron chi connectivity index (χ2n) is 5.22. The van der Waals surface area contributed by atoms with Crippen LogP contribution in [0.15, 0.2) is 30.5 Å². The Morgan fingerprint density at radius 1 is 1.32 bits per heavy atom. The molecule has 2 rings (SSSR count). The Balaban J connectivity index is 1.74. The van der Waals surface area contributed by atoms with Gasteiger partial charge in [0.1, 0.15) is 0 Å². The number of benzene rings is 1. The van der Waals surface area contributed by atoms with Crippen LogP contribution < -0.4 is 11.1 Å². The average Bonchev–Trinajstić information content (AvgIpc) is 2.85. The van der Waals surface area contributed by atoms with E-state index in [1.54, 1.807) is 0 Å². The van der Waals surface area contributed by atoms with Crippen molar-refractivity contribution in [3.05, 3.63) is 36.0 Å². The lowest BCUT2D eigenvalue weighted by atomic mass is 10.1. The molecular formula is C16H25N3. The van der Waals surface area contributed by atoms with E-state index in [9.17, 15) is 0 Å². The van der Waals surface area contributed by atoms with E-state index in [2.05, 4.69) is 47.7 Å². The lowest BCUT2D eigenvalue weighted by Crippen LogP contribution is -2.34. The molecule has 3 heteroatoms. The van der Waals surface area contributed by atoms with Gasteiger partial charge in [-0.1, -0.05) is 38.0 Å². The van der Waals surface area contributed by atoms with Gasteiger partial charge in [-0.25, -0.2) is 0 Å². The first-order chi connectivity index (χ1) is 9.31. The molecule has 1 aromatic carbocycles. The molecule has 0 aliphatic heterocycles. The van der Waals surface area contributed by atoms with E-state index >= 15 is 0 Å². The summed E-state index contributed by atoms with van der Waals surface area (Å²) in [5, 5.41) is 4.79. The van der Waals surface area contributed by atoms with Gasteiger partial charge in [-0.15, -0.1) is 0 Å². The summed E-state index contributed by atoms with van der Waals surface area (Å²) >= 11 is 0. The molecule has 104 valence electrons. The Morgan fingerprint density at radius 3 is 3.00 bits per heavy atom. The molecule has 0 spiro atoms. The smallest absolute Gasteiger partial charge is 0.0456 e. The molecule has 2 aromatic rings. The fraction of sp³-hybridized carbons (Fsp3) is 0.500. The second-order valence-corrected chi connectivity index (χ2v) is 5.22. The quantitative estimate of drug-likeness (QED) is 0.639. The molecule has 0 amide bonds. The lowest BCUT2D eigenvalue weighted by Gasteiger charge is -2.11. The molecule has 0 aliphatic rings. The summed E-state index contributed by atoms with van der Waals surface area (Å²) in [6.07, 6.45) is 6.73. The van der Waals surface area contributed by atoms with Crippen LogP contribution in [0.25, 0.3) is 10.9 Å². The summed E-state index contributed by atoms with van der Waals surface area (Å²) in [6, 6.07) is 8.74. The Labute approximate surface area is 115 Å². The van der Waals surface area contributed by atoms with Gasteiger partial charge >= 0.3 is 0 Å². The van der Waals surface area contributed by atoms with E-state index in [-0.39, 0.29) is 0 Å². The Hall–Kier alpha value is -1.32. The molecule has 0 radical (unpaired) electrons. The molecule has 1 atom stereocenters. The van der Waals surface area contributed by atoms with Gasteiger partial charge in [0, 0.05) is 29.7 Å². The monoisotopic (exact) mass is 259 g/mol. The van der Waals surface area contributed by atoms with Crippen molar-refractivity contribution >= 4 is 10.9 Å². The maximum absolute atomic E-state index is 6.04. The average molecular weight is 259 g/mol. The third kappa shape index (κ3) is 4.08. The van der Waals surface area contributed by atoms with Crippen LogP contribution in [0.5, 0.6) is 0 Å². The maximum Gasteiger partial charge on any atom is 0.0456 e. The number of aromatic nitrogens is 1. The Kier molecular flexibility index (Phi) is 5.43. The number of hydrogen-bond acceptors (Lipinski definition) is 2. The largest absolute Gasteiger partial charge is 0.361 e. The summed E-state index contributed by atoms with van der Waals surface area (Å²) in [5.74, 6) is 0. The number of nitrogens with two attached hydrogens (primary N) is 1. The number of H-pyrrole nitrogens is 1. The highest BCUT2D eigenvalue weighted by molar-refractivity contribution is 5.83. The molecule has 4 N–H and O–H groups in total. The summed E-state index contributed by atoms with van der Waals surface area (Å²) in [7, 11) is 0. The molecule has 0 aliphatic carbocycles. The van der Waals surface area contributed by atoms with Gasteiger partial charge in [-0.2, -0.15) is 0 Å².